The monoisotopic (exact) mass is 422 g/mol. The zero-order chi connectivity index (χ0) is 22.7. The van der Waals surface area contributed by atoms with Gasteiger partial charge in [0.2, 0.25) is 11.6 Å². The maximum Gasteiger partial charge on any atom is 0.265 e. The third-order valence-electron chi connectivity index (χ3n) is 5.71. The van der Waals surface area contributed by atoms with E-state index in [1.54, 1.807) is 0 Å². The van der Waals surface area contributed by atoms with Crippen LogP contribution in [-0.2, 0) is 19.2 Å². The van der Waals surface area contributed by atoms with Gasteiger partial charge in [-0.05, 0) is 39.6 Å². The van der Waals surface area contributed by atoms with Crippen LogP contribution in [0, 0.1) is 0 Å². The molecule has 0 aliphatic heterocycles. The Labute approximate surface area is 185 Å². The number of hydrogen-bond donors (Lipinski definition) is 0. The fourth-order valence-electron chi connectivity index (χ4n) is 4.13. The lowest BCUT2D eigenvalue weighted by atomic mass is 9.80. The van der Waals surface area contributed by atoms with E-state index in [-0.39, 0.29) is 18.6 Å². The molecule has 4 aromatic carbocycles. The maximum atomic E-state index is 13.6. The standard InChI is InChI=1S/C28H22O4/c1-18(29)16-17-25(30)27(31)28(32)26(23-14-6-10-19-8-2-4-12-21(19)23)24-15-7-11-20-9-3-5-13-22(20)24/h2-15,26H,16-17H2,1H3. The molecule has 0 N–H and O–H groups in total. The van der Waals surface area contributed by atoms with Crippen LogP contribution in [-0.4, -0.2) is 23.1 Å². The van der Waals surface area contributed by atoms with Crippen molar-refractivity contribution >= 4 is 44.7 Å². The number of rotatable bonds is 8. The van der Waals surface area contributed by atoms with Gasteiger partial charge >= 0.3 is 0 Å². The van der Waals surface area contributed by atoms with Crippen LogP contribution < -0.4 is 0 Å². The summed E-state index contributed by atoms with van der Waals surface area (Å²) >= 11 is 0. The van der Waals surface area contributed by atoms with Crippen molar-refractivity contribution in [1.29, 1.82) is 0 Å². The summed E-state index contributed by atoms with van der Waals surface area (Å²) in [5, 5.41) is 3.59. The molecule has 0 aliphatic rings. The first kappa shape index (κ1) is 21.3. The molecule has 0 bridgehead atoms. The van der Waals surface area contributed by atoms with Crippen molar-refractivity contribution in [3.63, 3.8) is 0 Å². The Kier molecular flexibility index (Phi) is 6.04. The van der Waals surface area contributed by atoms with Crippen LogP contribution in [0.4, 0.5) is 0 Å². The van der Waals surface area contributed by atoms with Crippen molar-refractivity contribution < 1.29 is 19.2 Å². The molecule has 4 heteroatoms. The van der Waals surface area contributed by atoms with E-state index < -0.39 is 23.3 Å². The average Bonchev–Trinajstić information content (AvgIpc) is 2.82. The first-order valence-corrected chi connectivity index (χ1v) is 10.5. The first-order chi connectivity index (χ1) is 15.5. The van der Waals surface area contributed by atoms with Crippen LogP contribution in [0.5, 0.6) is 0 Å². The van der Waals surface area contributed by atoms with Crippen LogP contribution in [0.2, 0.25) is 0 Å². The topological polar surface area (TPSA) is 68.3 Å². The number of fused-ring (bicyclic) bond motifs is 2. The molecule has 0 saturated heterocycles. The van der Waals surface area contributed by atoms with Crippen LogP contribution in [0.3, 0.4) is 0 Å². The van der Waals surface area contributed by atoms with Gasteiger partial charge < -0.3 is 4.79 Å². The van der Waals surface area contributed by atoms with Gasteiger partial charge in [-0.3, -0.25) is 14.4 Å². The first-order valence-electron chi connectivity index (χ1n) is 10.5. The third-order valence-corrected chi connectivity index (χ3v) is 5.71. The maximum absolute atomic E-state index is 13.6. The van der Waals surface area contributed by atoms with Crippen molar-refractivity contribution in [3.05, 3.63) is 96.1 Å². The third kappa shape index (κ3) is 4.12. The number of ketones is 4. The molecule has 0 amide bonds. The minimum atomic E-state index is -1.06. The molecule has 0 spiro atoms. The number of hydrogen-bond acceptors (Lipinski definition) is 4. The highest BCUT2D eigenvalue weighted by molar-refractivity contribution is 6.65. The van der Waals surface area contributed by atoms with E-state index in [1.165, 1.54) is 6.92 Å². The van der Waals surface area contributed by atoms with Crippen LogP contribution in [0.25, 0.3) is 21.5 Å². The number of Topliss-reactive ketones (excluding diaryl/α,β-unsaturated/α-hetero) is 4. The van der Waals surface area contributed by atoms with Crippen molar-refractivity contribution in [1.82, 2.24) is 0 Å². The number of carbonyl (C=O) groups excluding carboxylic acids is 4. The van der Waals surface area contributed by atoms with Gasteiger partial charge in [0.25, 0.3) is 5.78 Å². The second-order valence-electron chi connectivity index (χ2n) is 7.89. The summed E-state index contributed by atoms with van der Waals surface area (Å²) in [5.41, 5.74) is 1.36. The van der Waals surface area contributed by atoms with Crippen molar-refractivity contribution in [2.45, 2.75) is 25.7 Å². The quantitative estimate of drug-likeness (QED) is 0.289. The lowest BCUT2D eigenvalue weighted by Gasteiger charge is -2.20. The molecule has 4 rings (SSSR count). The summed E-state index contributed by atoms with van der Waals surface area (Å²) in [6.45, 7) is 1.36. The SMILES string of the molecule is CC(=O)CCC(=O)C(=O)C(=O)C(c1cccc2ccccc12)c1cccc2ccccc12. The Hall–Kier alpha value is -3.92. The van der Waals surface area contributed by atoms with Gasteiger partial charge in [0.15, 0.2) is 0 Å². The molecule has 0 radical (unpaired) electrons. The molecular formula is C28H22O4. The Morgan fingerprint density at radius 1 is 0.625 bits per heavy atom. The smallest absolute Gasteiger partial charge is 0.265 e. The molecule has 0 heterocycles. The largest absolute Gasteiger partial charge is 0.300 e. The lowest BCUT2D eigenvalue weighted by Crippen LogP contribution is -2.30. The molecule has 158 valence electrons. The Balaban J connectivity index is 1.89. The predicted molar refractivity (Wildman–Crippen MR) is 125 cm³/mol. The molecule has 0 atom stereocenters. The fraction of sp³-hybridized carbons (Fsp3) is 0.143. The van der Waals surface area contributed by atoms with E-state index in [2.05, 4.69) is 0 Å². The molecule has 0 aliphatic carbocycles. The molecule has 0 fully saturated rings. The Morgan fingerprint density at radius 2 is 1.09 bits per heavy atom. The Bertz CT molecular complexity index is 1280. The second kappa shape index (κ2) is 9.06. The minimum Gasteiger partial charge on any atom is -0.300 e. The summed E-state index contributed by atoms with van der Waals surface area (Å²) < 4.78 is 0. The summed E-state index contributed by atoms with van der Waals surface area (Å²) in [6, 6.07) is 26.6. The highest BCUT2D eigenvalue weighted by atomic mass is 16.2. The summed E-state index contributed by atoms with van der Waals surface area (Å²) in [6.07, 6.45) is -0.303. The van der Waals surface area contributed by atoms with E-state index in [9.17, 15) is 19.2 Å². The van der Waals surface area contributed by atoms with Crippen LogP contribution in [0.15, 0.2) is 84.9 Å². The Morgan fingerprint density at radius 3 is 1.59 bits per heavy atom. The molecule has 0 aromatic heterocycles. The summed E-state index contributed by atoms with van der Waals surface area (Å²) in [4.78, 5) is 50.2. The number of benzene rings is 4. The van der Waals surface area contributed by atoms with E-state index in [1.807, 2.05) is 84.9 Å². The van der Waals surface area contributed by atoms with Crippen molar-refractivity contribution in [2.75, 3.05) is 0 Å². The van der Waals surface area contributed by atoms with Crippen LogP contribution in [0.1, 0.15) is 36.8 Å². The molecule has 4 aromatic rings. The average molecular weight is 422 g/mol. The molecule has 4 nitrogen and oxygen atoms in total. The molecule has 32 heavy (non-hydrogen) atoms. The van der Waals surface area contributed by atoms with Gasteiger partial charge in [0.05, 0.1) is 5.92 Å². The van der Waals surface area contributed by atoms with E-state index in [0.717, 1.165) is 21.5 Å². The molecular weight excluding hydrogens is 400 g/mol. The molecule has 0 unspecified atom stereocenters. The van der Waals surface area contributed by atoms with E-state index in [4.69, 9.17) is 0 Å². The van der Waals surface area contributed by atoms with Gasteiger partial charge in [-0.1, -0.05) is 84.9 Å². The fourth-order valence-corrected chi connectivity index (χ4v) is 4.13. The summed E-state index contributed by atoms with van der Waals surface area (Å²) in [7, 11) is 0. The highest BCUT2D eigenvalue weighted by Crippen LogP contribution is 2.35. The lowest BCUT2D eigenvalue weighted by molar-refractivity contribution is -0.144. The van der Waals surface area contributed by atoms with Crippen LogP contribution >= 0.6 is 0 Å². The van der Waals surface area contributed by atoms with Gasteiger partial charge in [0, 0.05) is 12.8 Å². The second-order valence-corrected chi connectivity index (χ2v) is 7.89. The van der Waals surface area contributed by atoms with E-state index >= 15 is 0 Å². The zero-order valence-electron chi connectivity index (χ0n) is 17.7. The highest BCUT2D eigenvalue weighted by Gasteiger charge is 2.34. The van der Waals surface area contributed by atoms with Crippen molar-refractivity contribution in [2.24, 2.45) is 0 Å². The zero-order valence-corrected chi connectivity index (χ0v) is 17.7. The minimum absolute atomic E-state index is 0.0505. The van der Waals surface area contributed by atoms with Gasteiger partial charge in [0.1, 0.15) is 5.78 Å². The van der Waals surface area contributed by atoms with Gasteiger partial charge in [-0.2, -0.15) is 0 Å². The number of carbonyl (C=O) groups is 4. The van der Waals surface area contributed by atoms with E-state index in [0.29, 0.717) is 11.1 Å². The van der Waals surface area contributed by atoms with Gasteiger partial charge in [-0.25, -0.2) is 0 Å². The predicted octanol–water partition coefficient (Wildman–Crippen LogP) is 5.20. The van der Waals surface area contributed by atoms with Gasteiger partial charge in [-0.15, -0.1) is 0 Å². The normalized spacial score (nSPS) is 11.1. The summed E-state index contributed by atoms with van der Waals surface area (Å²) in [5.74, 6) is -3.78. The molecule has 0 saturated carbocycles. The van der Waals surface area contributed by atoms with Crippen molar-refractivity contribution in [3.8, 4) is 0 Å².